The lowest BCUT2D eigenvalue weighted by Crippen LogP contribution is -2.34. The lowest BCUT2D eigenvalue weighted by molar-refractivity contribution is -0.116. The minimum atomic E-state index is -0.813. The van der Waals surface area contributed by atoms with Crippen molar-refractivity contribution in [3.05, 3.63) is 89.6 Å². The summed E-state index contributed by atoms with van der Waals surface area (Å²) in [6, 6.07) is 17.6. The van der Waals surface area contributed by atoms with Crippen LogP contribution in [0.4, 0.5) is 5.69 Å². The van der Waals surface area contributed by atoms with Gasteiger partial charge in [-0.25, -0.2) is 9.69 Å². The number of benzene rings is 2. The van der Waals surface area contributed by atoms with E-state index in [1.54, 1.807) is 19.9 Å². The Kier molecular flexibility index (Phi) is 5.91. The van der Waals surface area contributed by atoms with E-state index in [2.05, 4.69) is 22.1 Å². The quantitative estimate of drug-likeness (QED) is 0.467. The Balaban J connectivity index is 1.82. The maximum Gasteiger partial charge on any atom is 0.251 e. The largest absolute Gasteiger partial charge is 0.493 e. The molecule has 0 fully saturated rings. The maximum atomic E-state index is 12.4. The predicted molar refractivity (Wildman–Crippen MR) is 127 cm³/mol. The van der Waals surface area contributed by atoms with Gasteiger partial charge in [0.2, 0.25) is 5.88 Å². The van der Waals surface area contributed by atoms with E-state index in [0.29, 0.717) is 33.8 Å². The molecule has 3 aromatic rings. The van der Waals surface area contributed by atoms with E-state index in [4.69, 9.17) is 0 Å². The van der Waals surface area contributed by atoms with Crippen LogP contribution in [-0.2, 0) is 9.59 Å². The summed E-state index contributed by atoms with van der Waals surface area (Å²) in [7, 11) is 0. The number of nitrogens with one attached hydrogen (secondary N) is 1. The van der Waals surface area contributed by atoms with Crippen molar-refractivity contribution in [1.29, 1.82) is 0 Å². The van der Waals surface area contributed by atoms with E-state index in [9.17, 15) is 14.7 Å². The van der Waals surface area contributed by atoms with Gasteiger partial charge in [-0.15, -0.1) is 0 Å². The van der Waals surface area contributed by atoms with E-state index in [0.717, 1.165) is 6.29 Å². The second-order valence-corrected chi connectivity index (χ2v) is 7.61. The van der Waals surface area contributed by atoms with Gasteiger partial charge < -0.3 is 15.2 Å². The highest BCUT2D eigenvalue weighted by Crippen LogP contribution is 2.32. The molecule has 166 valence electrons. The fraction of sp³-hybridized carbons (Fsp3) is 0.120. The third-order valence-electron chi connectivity index (χ3n) is 5.21. The SMILES string of the molecule is C=C(C)C(=O)NC1=NN(c2ccccc2)C(C=O)C1=Cc1c(C)nn(-c2ccccc2)c1O. The van der Waals surface area contributed by atoms with Gasteiger partial charge in [-0.1, -0.05) is 43.0 Å². The normalized spacial score (nSPS) is 16.5. The predicted octanol–water partition coefficient (Wildman–Crippen LogP) is 3.36. The molecule has 2 heterocycles. The van der Waals surface area contributed by atoms with Crippen molar-refractivity contribution in [2.75, 3.05) is 5.01 Å². The summed E-state index contributed by atoms with van der Waals surface area (Å²) in [6.45, 7) is 7.01. The molecule has 8 heteroatoms. The van der Waals surface area contributed by atoms with E-state index in [1.807, 2.05) is 60.7 Å². The molecule has 2 aromatic carbocycles. The molecule has 2 N–H and O–H groups in total. The maximum absolute atomic E-state index is 12.4. The number of aromatic hydroxyl groups is 1. The number of amides is 1. The van der Waals surface area contributed by atoms with Gasteiger partial charge in [0.1, 0.15) is 12.3 Å². The first-order chi connectivity index (χ1) is 15.9. The number of hydrogen-bond acceptors (Lipinski definition) is 6. The Labute approximate surface area is 191 Å². The van der Waals surface area contributed by atoms with Crippen molar-refractivity contribution in [2.24, 2.45) is 5.10 Å². The van der Waals surface area contributed by atoms with Gasteiger partial charge in [0.25, 0.3) is 5.91 Å². The molecule has 0 spiro atoms. The number of aromatic nitrogens is 2. The van der Waals surface area contributed by atoms with E-state index in [-0.39, 0.29) is 11.7 Å². The van der Waals surface area contributed by atoms with Crippen LogP contribution in [0.2, 0.25) is 0 Å². The molecule has 0 radical (unpaired) electrons. The highest BCUT2D eigenvalue weighted by atomic mass is 16.3. The summed E-state index contributed by atoms with van der Waals surface area (Å²) in [5, 5.41) is 24.1. The molecule has 0 saturated heterocycles. The highest BCUT2D eigenvalue weighted by molar-refractivity contribution is 6.18. The van der Waals surface area contributed by atoms with Crippen LogP contribution in [0.25, 0.3) is 11.8 Å². The fourth-order valence-electron chi connectivity index (χ4n) is 3.50. The van der Waals surface area contributed by atoms with Crippen LogP contribution in [0.15, 0.2) is 83.5 Å². The van der Waals surface area contributed by atoms with Gasteiger partial charge in [0.05, 0.1) is 22.6 Å². The van der Waals surface area contributed by atoms with Gasteiger partial charge in [-0.2, -0.15) is 10.2 Å². The van der Waals surface area contributed by atoms with E-state index >= 15 is 0 Å². The molecule has 1 aromatic heterocycles. The topological polar surface area (TPSA) is 99.8 Å². The molecule has 4 rings (SSSR count). The van der Waals surface area contributed by atoms with Gasteiger partial charge in [-0.3, -0.25) is 4.79 Å². The molecule has 1 atom stereocenters. The minimum absolute atomic E-state index is 0.0837. The van der Waals surface area contributed by atoms with Gasteiger partial charge >= 0.3 is 0 Å². The smallest absolute Gasteiger partial charge is 0.251 e. The fourth-order valence-corrected chi connectivity index (χ4v) is 3.50. The average Bonchev–Trinajstić information content (AvgIpc) is 3.32. The first-order valence-electron chi connectivity index (χ1n) is 10.3. The van der Waals surface area contributed by atoms with Crippen LogP contribution < -0.4 is 10.3 Å². The molecule has 1 aliphatic heterocycles. The molecule has 1 aliphatic rings. The molecule has 0 saturated carbocycles. The third kappa shape index (κ3) is 4.18. The average molecular weight is 441 g/mol. The van der Waals surface area contributed by atoms with Crippen molar-refractivity contribution in [1.82, 2.24) is 15.1 Å². The molecule has 33 heavy (non-hydrogen) atoms. The summed E-state index contributed by atoms with van der Waals surface area (Å²) in [5.41, 5.74) is 3.07. The first kappa shape index (κ1) is 21.8. The zero-order valence-corrected chi connectivity index (χ0v) is 18.3. The zero-order chi connectivity index (χ0) is 23.5. The zero-order valence-electron chi connectivity index (χ0n) is 18.3. The molecule has 8 nitrogen and oxygen atoms in total. The number of aryl methyl sites for hydroxylation is 1. The Morgan fingerprint density at radius 2 is 1.70 bits per heavy atom. The molecule has 0 bridgehead atoms. The van der Waals surface area contributed by atoms with Crippen LogP contribution in [0.1, 0.15) is 18.2 Å². The van der Waals surface area contributed by atoms with Gasteiger partial charge in [0, 0.05) is 11.1 Å². The summed E-state index contributed by atoms with van der Waals surface area (Å²) in [4.78, 5) is 24.6. The van der Waals surface area contributed by atoms with Crippen molar-refractivity contribution < 1.29 is 14.7 Å². The minimum Gasteiger partial charge on any atom is -0.493 e. The van der Waals surface area contributed by atoms with Gasteiger partial charge in [-0.05, 0) is 44.2 Å². The summed E-state index contributed by atoms with van der Waals surface area (Å²) < 4.78 is 1.42. The van der Waals surface area contributed by atoms with Crippen molar-refractivity contribution in [2.45, 2.75) is 19.9 Å². The van der Waals surface area contributed by atoms with Crippen LogP contribution in [-0.4, -0.2) is 39.0 Å². The Hall–Kier alpha value is -4.46. The van der Waals surface area contributed by atoms with Crippen LogP contribution in [0, 0.1) is 6.92 Å². The Morgan fingerprint density at radius 3 is 2.27 bits per heavy atom. The van der Waals surface area contributed by atoms with Crippen LogP contribution in [0.5, 0.6) is 5.88 Å². The van der Waals surface area contributed by atoms with Crippen LogP contribution >= 0.6 is 0 Å². The number of hydrazone groups is 1. The summed E-state index contributed by atoms with van der Waals surface area (Å²) in [5.74, 6) is -0.296. The number of aldehydes is 1. The molecule has 0 aliphatic carbocycles. The monoisotopic (exact) mass is 441 g/mol. The highest BCUT2D eigenvalue weighted by Gasteiger charge is 2.34. The number of rotatable bonds is 5. The number of carbonyl (C=O) groups is 2. The van der Waals surface area contributed by atoms with Crippen LogP contribution in [0.3, 0.4) is 0 Å². The number of anilines is 1. The second kappa shape index (κ2) is 8.96. The first-order valence-corrected chi connectivity index (χ1v) is 10.3. The molecular formula is C25H23N5O3. The van der Waals surface area contributed by atoms with Gasteiger partial charge in [0.15, 0.2) is 5.84 Å². The number of carbonyl (C=O) groups excluding carboxylic acids is 2. The van der Waals surface area contributed by atoms with Crippen molar-refractivity contribution in [3.8, 4) is 11.6 Å². The third-order valence-corrected chi connectivity index (χ3v) is 5.21. The Bertz CT molecular complexity index is 1280. The lowest BCUT2D eigenvalue weighted by atomic mass is 10.0. The molecular weight excluding hydrogens is 418 g/mol. The van der Waals surface area contributed by atoms with E-state index < -0.39 is 11.9 Å². The number of para-hydroxylation sites is 2. The lowest BCUT2D eigenvalue weighted by Gasteiger charge is -2.19. The molecule has 1 unspecified atom stereocenters. The summed E-state index contributed by atoms with van der Waals surface area (Å²) >= 11 is 0. The number of amidine groups is 1. The molecule has 1 amide bonds. The van der Waals surface area contributed by atoms with E-state index in [1.165, 1.54) is 9.69 Å². The standard InChI is InChI=1S/C25H23N5O3/c1-16(2)24(32)26-23-21(22(15-31)29(28-23)18-10-6-4-7-11-18)14-20-17(3)27-30(25(20)33)19-12-8-5-9-13-19/h4-15,22,33H,1H2,2-3H3,(H,26,28,32). The van der Waals surface area contributed by atoms with Crippen molar-refractivity contribution >= 4 is 29.8 Å². The number of hydrogen-bond donors (Lipinski definition) is 2. The number of nitrogens with zero attached hydrogens (tertiary/aromatic N) is 4. The summed E-state index contributed by atoms with van der Waals surface area (Å²) in [6.07, 6.45) is 2.38. The second-order valence-electron chi connectivity index (χ2n) is 7.61. The Morgan fingerprint density at radius 1 is 1.09 bits per heavy atom. The van der Waals surface area contributed by atoms with Crippen molar-refractivity contribution in [3.63, 3.8) is 0 Å².